The van der Waals surface area contributed by atoms with Gasteiger partial charge in [0.25, 0.3) is 0 Å². The average Bonchev–Trinajstić information content (AvgIpc) is 0.924. The molecule has 0 radical (unpaired) electrons. The van der Waals surface area contributed by atoms with Crippen molar-refractivity contribution in [2.75, 3.05) is 71.1 Å². The van der Waals surface area contributed by atoms with Gasteiger partial charge in [0.1, 0.15) is 0 Å². The summed E-state index contributed by atoms with van der Waals surface area (Å²) in [6, 6.07) is 46.7. The molecule has 10 rings (SSSR count). The van der Waals surface area contributed by atoms with E-state index in [1.54, 1.807) is 182 Å². The Labute approximate surface area is 777 Å². The molecule has 0 aliphatic heterocycles. The Hall–Kier alpha value is -17.7. The number of carbonyl (C=O) groups is 10. The first-order valence-electron chi connectivity index (χ1n) is 40.4. The van der Waals surface area contributed by atoms with Gasteiger partial charge in [-0.25, -0.2) is 0 Å². The van der Waals surface area contributed by atoms with Crippen LogP contribution in [0.5, 0.6) is 115 Å². The third kappa shape index (κ3) is 37.1. The van der Waals surface area contributed by atoms with Gasteiger partial charge in [0.05, 0.1) is 103 Å². The first-order chi connectivity index (χ1) is 64.6. The second-order valence-electron chi connectivity index (χ2n) is 28.2. The SMILES string of the molecule is COc1cc(/C=C/C(=O)CC(=O)/C=C/c2ccc(O)c(OC)c2)ccc1O.COc1cc(/C=C/C(=O)CC(=O)/C=C/c2ccc(O)c(OC)c2)ccc1O.COc1cc(/C=C/C(=O)CC(=O)/C=C/c2ccc(O)c(OC)c2)ccc1O.COc1cc(/C=C/C(=O)CC(=O)/C=C/c2ccc(O)c(OC)c2)ccc1O.COc1cc(/C=C/C(=O)CC(=O)/C=C/c2ccc(O)c(OC)c2)ccc1O. The predicted octanol–water partition coefficient (Wildman–Crippen LogP) is 16.8. The molecule has 0 fully saturated rings. The minimum absolute atomic E-state index is 0.00662. The molecule has 0 spiro atoms. The number of phenols is 10. The van der Waals surface area contributed by atoms with Crippen molar-refractivity contribution in [1.82, 2.24) is 0 Å². The standard InChI is InChI=1S/5C21H20O6/c5*1-26-20-11-14(5-9-18(20)24)3-7-16(22)13-17(23)8-4-15-6-10-19(25)21(12-15)27-2/h5*3-12,24-25H,13H2,1-2H3/b5*7-3+,8-4+. The smallest absolute Gasteiger partial charge is 0.163 e. The van der Waals surface area contributed by atoms with E-state index < -0.39 is 0 Å². The lowest BCUT2D eigenvalue weighted by molar-refractivity contribution is -0.123. The van der Waals surface area contributed by atoms with Crippen molar-refractivity contribution in [3.63, 3.8) is 0 Å². The van der Waals surface area contributed by atoms with E-state index in [1.807, 2.05) is 0 Å². The van der Waals surface area contributed by atoms with Gasteiger partial charge in [-0.2, -0.15) is 0 Å². The fraction of sp³-hybridized carbons (Fsp3) is 0.143. The molecule has 135 heavy (non-hydrogen) atoms. The molecular formula is C105H100O30. The van der Waals surface area contributed by atoms with Crippen molar-refractivity contribution in [2.45, 2.75) is 32.1 Å². The maximum atomic E-state index is 11.9. The van der Waals surface area contributed by atoms with Crippen LogP contribution in [-0.2, 0) is 47.9 Å². The quantitative estimate of drug-likeness (QED) is 0.0126. The van der Waals surface area contributed by atoms with Crippen LogP contribution in [0.2, 0.25) is 0 Å². The molecule has 10 N–H and O–H groups in total. The molecule has 10 aromatic carbocycles. The monoisotopic (exact) mass is 1840 g/mol. The van der Waals surface area contributed by atoms with Crippen LogP contribution in [0.25, 0.3) is 60.8 Å². The van der Waals surface area contributed by atoms with Gasteiger partial charge in [-0.15, -0.1) is 0 Å². The number of methoxy groups -OCH3 is 10. The molecule has 0 saturated heterocycles. The van der Waals surface area contributed by atoms with Crippen LogP contribution >= 0.6 is 0 Å². The highest BCUT2D eigenvalue weighted by molar-refractivity contribution is 6.14. The summed E-state index contributed by atoms with van der Waals surface area (Å²) in [4.78, 5) is 119. The van der Waals surface area contributed by atoms with E-state index in [1.165, 1.54) is 193 Å². The third-order valence-electron chi connectivity index (χ3n) is 18.4. The minimum Gasteiger partial charge on any atom is -0.504 e. The van der Waals surface area contributed by atoms with Crippen LogP contribution in [0.4, 0.5) is 0 Å². The molecule has 0 unspecified atom stereocenters. The van der Waals surface area contributed by atoms with E-state index in [0.717, 1.165) is 0 Å². The summed E-state index contributed by atoms with van der Waals surface area (Å²) in [6.45, 7) is 0. The van der Waals surface area contributed by atoms with E-state index >= 15 is 0 Å². The van der Waals surface area contributed by atoms with Crippen molar-refractivity contribution in [3.05, 3.63) is 298 Å². The number of rotatable bonds is 40. The van der Waals surface area contributed by atoms with Gasteiger partial charge in [0, 0.05) is 0 Å². The highest BCUT2D eigenvalue weighted by Gasteiger charge is 2.15. The second-order valence-corrected chi connectivity index (χ2v) is 28.2. The summed E-state index contributed by atoms with van der Waals surface area (Å²) in [6.07, 6.45) is 27.2. The van der Waals surface area contributed by atoms with Crippen LogP contribution in [0, 0.1) is 0 Å². The van der Waals surface area contributed by atoms with Crippen molar-refractivity contribution >= 4 is 119 Å². The molecule has 0 saturated carbocycles. The third-order valence-corrected chi connectivity index (χ3v) is 18.4. The Bertz CT molecular complexity index is 4980. The topological polar surface area (TPSA) is 465 Å². The molecular weight excluding hydrogens is 1740 g/mol. The number of phenolic OH excluding ortho intramolecular Hbond substituents is 10. The largest absolute Gasteiger partial charge is 0.504 e. The Balaban J connectivity index is 0.000000259. The van der Waals surface area contributed by atoms with E-state index in [0.29, 0.717) is 113 Å². The highest BCUT2D eigenvalue weighted by atomic mass is 16.5. The van der Waals surface area contributed by atoms with Crippen molar-refractivity contribution in [1.29, 1.82) is 0 Å². The average molecular weight is 1840 g/mol. The van der Waals surface area contributed by atoms with Gasteiger partial charge in [-0.3, -0.25) is 47.9 Å². The van der Waals surface area contributed by atoms with Gasteiger partial charge in [0.2, 0.25) is 0 Å². The van der Waals surface area contributed by atoms with Gasteiger partial charge < -0.3 is 98.4 Å². The highest BCUT2D eigenvalue weighted by Crippen LogP contribution is 2.35. The summed E-state index contributed by atoms with van der Waals surface area (Å²) < 4.78 is 50.0. The zero-order chi connectivity index (χ0) is 99.1. The molecule has 0 bridgehead atoms. The fourth-order valence-electron chi connectivity index (χ4n) is 11.3. The minimum atomic E-state index is -0.347. The van der Waals surface area contributed by atoms with Crippen LogP contribution < -0.4 is 47.4 Å². The van der Waals surface area contributed by atoms with E-state index in [4.69, 9.17) is 47.4 Å². The number of allylic oxidation sites excluding steroid dienone is 10. The zero-order valence-corrected chi connectivity index (χ0v) is 75.0. The molecule has 0 aliphatic carbocycles. The van der Waals surface area contributed by atoms with E-state index in [2.05, 4.69) is 0 Å². The maximum absolute atomic E-state index is 11.9. The normalized spacial score (nSPS) is 11.0. The number of aromatic hydroxyl groups is 10. The Morgan fingerprint density at radius 3 is 0.319 bits per heavy atom. The van der Waals surface area contributed by atoms with Gasteiger partial charge >= 0.3 is 0 Å². The second kappa shape index (κ2) is 55.2. The molecule has 30 nitrogen and oxygen atoms in total. The van der Waals surface area contributed by atoms with Crippen LogP contribution in [0.15, 0.2) is 243 Å². The molecule has 700 valence electrons. The first-order valence-corrected chi connectivity index (χ1v) is 40.4. The number of benzene rings is 10. The van der Waals surface area contributed by atoms with Crippen LogP contribution in [0.1, 0.15) is 87.7 Å². The Kier molecular flexibility index (Phi) is 43.4. The van der Waals surface area contributed by atoms with E-state index in [-0.39, 0.29) is 147 Å². The van der Waals surface area contributed by atoms with Gasteiger partial charge in [-0.1, -0.05) is 121 Å². The van der Waals surface area contributed by atoms with Gasteiger partial charge in [-0.05, 0) is 238 Å². The van der Waals surface area contributed by atoms with Crippen molar-refractivity contribution in [2.24, 2.45) is 0 Å². The Morgan fingerprint density at radius 1 is 0.163 bits per heavy atom. The summed E-state index contributed by atoms with van der Waals surface area (Å²) in [5.41, 5.74) is 6.64. The zero-order valence-electron chi connectivity index (χ0n) is 75.0. The lowest BCUT2D eigenvalue weighted by atomic mass is 10.1. The molecule has 0 heterocycles. The van der Waals surface area contributed by atoms with E-state index in [9.17, 15) is 99.0 Å². The molecule has 10 aromatic rings. The molecule has 0 atom stereocenters. The maximum Gasteiger partial charge on any atom is 0.163 e. The first kappa shape index (κ1) is 106. The Morgan fingerprint density at radius 2 is 0.244 bits per heavy atom. The number of carbonyl (C=O) groups excluding carboxylic acids is 10. The fourth-order valence-corrected chi connectivity index (χ4v) is 11.3. The van der Waals surface area contributed by atoms with Gasteiger partial charge in [0.15, 0.2) is 173 Å². The van der Waals surface area contributed by atoms with Crippen molar-refractivity contribution in [3.8, 4) is 115 Å². The number of hydrogen-bond acceptors (Lipinski definition) is 30. The van der Waals surface area contributed by atoms with Crippen LogP contribution in [0.3, 0.4) is 0 Å². The molecule has 30 heteroatoms. The molecule has 0 aromatic heterocycles. The summed E-state index contributed by atoms with van der Waals surface area (Å²) >= 11 is 0. The number of ether oxygens (including phenoxy) is 10. The molecule has 0 aliphatic rings. The van der Waals surface area contributed by atoms with Crippen molar-refractivity contribution < 1.29 is 146 Å². The molecule has 0 amide bonds. The number of ketones is 10. The summed E-state index contributed by atoms with van der Waals surface area (Å²) in [5.74, 6) is -0.416. The summed E-state index contributed by atoms with van der Waals surface area (Å²) in [7, 11) is 14.3. The van der Waals surface area contributed by atoms with Crippen LogP contribution in [-0.4, -0.2) is 180 Å². The lowest BCUT2D eigenvalue weighted by Gasteiger charge is -2.03. The number of hydrogen-bond donors (Lipinski definition) is 10. The summed E-state index contributed by atoms with van der Waals surface area (Å²) in [5, 5.41) is 95.4. The predicted molar refractivity (Wildman–Crippen MR) is 510 cm³/mol. The lowest BCUT2D eigenvalue weighted by Crippen LogP contribution is -2.01.